The molecule has 2 fully saturated rings. The standard InChI is InChI=1S/C26H31N5O3S/c1-15-4-7-19-22(28)23(35-25(19)29-15)24(32)30-17-10-16-5-6-18(11-20(16)33-13-17)31-12-21(27)26(14-31)8-2-3-9-34-26/h4-7,11,17,21H,2-3,8-10,12-14,27-28H2,1H3,(H,30,32)/t17-,21+,26+/m1/s1. The first-order valence-electron chi connectivity index (χ1n) is 12.3. The smallest absolute Gasteiger partial charge is 0.263 e. The molecule has 5 heterocycles. The summed E-state index contributed by atoms with van der Waals surface area (Å²) in [6.07, 6.45) is 4.01. The summed E-state index contributed by atoms with van der Waals surface area (Å²) in [6.45, 7) is 4.73. The van der Waals surface area contributed by atoms with Crippen LogP contribution in [-0.2, 0) is 11.2 Å². The Morgan fingerprint density at radius 3 is 3.00 bits per heavy atom. The maximum atomic E-state index is 13.0. The minimum absolute atomic E-state index is 0.0137. The maximum Gasteiger partial charge on any atom is 0.263 e. The predicted octanol–water partition coefficient (Wildman–Crippen LogP) is 3.01. The predicted molar refractivity (Wildman–Crippen MR) is 138 cm³/mol. The Kier molecular flexibility index (Phi) is 5.58. The monoisotopic (exact) mass is 493 g/mol. The lowest BCUT2D eigenvalue weighted by Gasteiger charge is -2.36. The average Bonchev–Trinajstić information content (AvgIpc) is 3.35. The summed E-state index contributed by atoms with van der Waals surface area (Å²) in [5, 5.41) is 3.93. The molecule has 6 rings (SSSR count). The molecule has 3 aliphatic heterocycles. The van der Waals surface area contributed by atoms with E-state index in [1.165, 1.54) is 17.8 Å². The molecule has 35 heavy (non-hydrogen) atoms. The number of nitrogens with two attached hydrogens (primary N) is 2. The molecule has 0 aliphatic carbocycles. The van der Waals surface area contributed by atoms with Gasteiger partial charge in [-0.25, -0.2) is 4.98 Å². The van der Waals surface area contributed by atoms with Gasteiger partial charge < -0.3 is 31.2 Å². The third-order valence-electron chi connectivity index (χ3n) is 7.53. The van der Waals surface area contributed by atoms with Crippen molar-refractivity contribution < 1.29 is 14.3 Å². The number of thiophene rings is 1. The number of benzene rings is 1. The van der Waals surface area contributed by atoms with Crippen LogP contribution in [0.3, 0.4) is 0 Å². The summed E-state index contributed by atoms with van der Waals surface area (Å²) in [5.41, 5.74) is 16.1. The lowest BCUT2D eigenvalue weighted by atomic mass is 9.89. The van der Waals surface area contributed by atoms with Gasteiger partial charge in [0.1, 0.15) is 27.7 Å². The number of anilines is 2. The van der Waals surface area contributed by atoms with Crippen molar-refractivity contribution >= 4 is 38.8 Å². The summed E-state index contributed by atoms with van der Waals surface area (Å²) >= 11 is 1.33. The zero-order valence-corrected chi connectivity index (χ0v) is 20.7. The summed E-state index contributed by atoms with van der Waals surface area (Å²) < 4.78 is 12.3. The van der Waals surface area contributed by atoms with Crippen LogP contribution in [0.4, 0.5) is 11.4 Å². The van der Waals surface area contributed by atoms with Gasteiger partial charge in [-0.2, -0.15) is 0 Å². The van der Waals surface area contributed by atoms with Gasteiger partial charge in [-0.05, 0) is 56.4 Å². The number of fused-ring (bicyclic) bond motifs is 2. The van der Waals surface area contributed by atoms with Crippen molar-refractivity contribution in [2.24, 2.45) is 5.73 Å². The summed E-state index contributed by atoms with van der Waals surface area (Å²) in [7, 11) is 0. The first-order chi connectivity index (χ1) is 16.9. The number of aromatic nitrogens is 1. The topological polar surface area (TPSA) is 116 Å². The van der Waals surface area contributed by atoms with Gasteiger partial charge in [0.05, 0.1) is 17.8 Å². The molecule has 2 aromatic heterocycles. The molecule has 2 saturated heterocycles. The Morgan fingerprint density at radius 1 is 1.29 bits per heavy atom. The second-order valence-electron chi connectivity index (χ2n) is 9.99. The van der Waals surface area contributed by atoms with Crippen LogP contribution in [0.2, 0.25) is 0 Å². The molecule has 9 heteroatoms. The van der Waals surface area contributed by atoms with Crippen molar-refractivity contribution in [1.82, 2.24) is 10.3 Å². The molecule has 1 spiro atoms. The molecular weight excluding hydrogens is 462 g/mol. The lowest BCUT2D eigenvalue weighted by molar-refractivity contribution is -0.0717. The number of carbonyl (C=O) groups is 1. The number of pyridine rings is 1. The van der Waals surface area contributed by atoms with Crippen molar-refractivity contribution in [3.05, 3.63) is 46.5 Å². The highest BCUT2D eigenvalue weighted by Gasteiger charge is 2.47. The van der Waals surface area contributed by atoms with Crippen molar-refractivity contribution in [1.29, 1.82) is 0 Å². The molecule has 3 atom stereocenters. The lowest BCUT2D eigenvalue weighted by Crippen LogP contribution is -2.51. The highest BCUT2D eigenvalue weighted by Crippen LogP contribution is 2.38. The summed E-state index contributed by atoms with van der Waals surface area (Å²) in [6, 6.07) is 10.0. The van der Waals surface area contributed by atoms with Gasteiger partial charge in [0, 0.05) is 42.5 Å². The largest absolute Gasteiger partial charge is 0.491 e. The SMILES string of the molecule is Cc1ccc2c(N)c(C(=O)N[C@H]3COc4cc(N5C[C@H](N)[C@]6(CCCCO6)C5)ccc4C3)sc2n1. The number of nitrogens with one attached hydrogen (secondary N) is 1. The zero-order valence-electron chi connectivity index (χ0n) is 19.9. The molecule has 3 aliphatic rings. The molecule has 3 aromatic rings. The van der Waals surface area contributed by atoms with Gasteiger partial charge in [-0.15, -0.1) is 11.3 Å². The van der Waals surface area contributed by atoms with E-state index >= 15 is 0 Å². The fourth-order valence-electron chi connectivity index (χ4n) is 5.56. The van der Waals surface area contributed by atoms with Crippen LogP contribution in [0, 0.1) is 6.92 Å². The normalized spacial score (nSPS) is 26.1. The van der Waals surface area contributed by atoms with Crippen molar-refractivity contribution in [3.8, 4) is 5.75 Å². The number of carbonyl (C=O) groups excluding carboxylic acids is 1. The molecule has 184 valence electrons. The Bertz CT molecular complexity index is 1290. The summed E-state index contributed by atoms with van der Waals surface area (Å²) in [4.78, 5) is 21.1. The van der Waals surface area contributed by atoms with Crippen LogP contribution in [0.25, 0.3) is 10.2 Å². The number of aryl methyl sites for hydroxylation is 1. The fraction of sp³-hybridized carbons (Fsp3) is 0.462. The van der Waals surface area contributed by atoms with E-state index in [4.69, 9.17) is 20.9 Å². The van der Waals surface area contributed by atoms with Gasteiger partial charge in [0.15, 0.2) is 0 Å². The molecule has 1 aromatic carbocycles. The van der Waals surface area contributed by atoms with E-state index in [9.17, 15) is 4.79 Å². The quantitative estimate of drug-likeness (QED) is 0.514. The van der Waals surface area contributed by atoms with Crippen molar-refractivity contribution in [2.75, 3.05) is 36.9 Å². The average molecular weight is 494 g/mol. The van der Waals surface area contributed by atoms with Crippen LogP contribution < -0.4 is 26.4 Å². The third-order valence-corrected chi connectivity index (χ3v) is 8.65. The van der Waals surface area contributed by atoms with Gasteiger partial charge in [-0.1, -0.05) is 6.07 Å². The highest BCUT2D eigenvalue weighted by molar-refractivity contribution is 7.21. The Labute approximate surface area is 208 Å². The molecule has 8 nitrogen and oxygen atoms in total. The minimum atomic E-state index is -0.229. The first kappa shape index (κ1) is 22.6. The van der Waals surface area contributed by atoms with E-state index in [1.54, 1.807) is 0 Å². The van der Waals surface area contributed by atoms with E-state index in [1.807, 2.05) is 19.1 Å². The Hall–Kier alpha value is -2.88. The maximum absolute atomic E-state index is 13.0. The molecule has 0 radical (unpaired) electrons. The fourth-order valence-corrected chi connectivity index (χ4v) is 6.60. The number of hydrogen-bond acceptors (Lipinski definition) is 8. The molecule has 5 N–H and O–H groups in total. The summed E-state index contributed by atoms with van der Waals surface area (Å²) in [5.74, 6) is 0.689. The molecule has 0 bridgehead atoms. The van der Waals surface area contributed by atoms with Crippen LogP contribution >= 0.6 is 11.3 Å². The zero-order chi connectivity index (χ0) is 24.2. The van der Waals surface area contributed by atoms with Crippen LogP contribution in [0.5, 0.6) is 5.75 Å². The molecule has 0 unspecified atom stereocenters. The number of nitrogens with zero attached hydrogens (tertiary/aromatic N) is 2. The second-order valence-corrected chi connectivity index (χ2v) is 11.0. The number of nitrogen functional groups attached to an aromatic ring is 1. The van der Waals surface area contributed by atoms with Crippen LogP contribution in [0.15, 0.2) is 30.3 Å². The van der Waals surface area contributed by atoms with Gasteiger partial charge >= 0.3 is 0 Å². The Morgan fingerprint density at radius 2 is 2.17 bits per heavy atom. The van der Waals surface area contributed by atoms with E-state index in [2.05, 4.69) is 33.4 Å². The van der Waals surface area contributed by atoms with Crippen LogP contribution in [-0.4, -0.2) is 54.9 Å². The molecular formula is C26H31N5O3S. The first-order valence-corrected chi connectivity index (χ1v) is 13.1. The highest BCUT2D eigenvalue weighted by atomic mass is 32.1. The third kappa shape index (κ3) is 4.01. The minimum Gasteiger partial charge on any atom is -0.491 e. The van der Waals surface area contributed by atoms with Gasteiger partial charge in [0.2, 0.25) is 0 Å². The van der Waals surface area contributed by atoms with Crippen molar-refractivity contribution in [3.63, 3.8) is 0 Å². The molecule has 0 saturated carbocycles. The second kappa shape index (κ2) is 8.65. The van der Waals surface area contributed by atoms with Crippen molar-refractivity contribution in [2.45, 2.75) is 50.3 Å². The number of amides is 1. The van der Waals surface area contributed by atoms with Gasteiger partial charge in [0.25, 0.3) is 5.91 Å². The molecule has 1 amide bonds. The van der Waals surface area contributed by atoms with E-state index in [0.29, 0.717) is 23.6 Å². The van der Waals surface area contributed by atoms with E-state index < -0.39 is 0 Å². The van der Waals surface area contributed by atoms with Crippen LogP contribution in [0.1, 0.15) is 40.2 Å². The van der Waals surface area contributed by atoms with E-state index in [-0.39, 0.29) is 23.6 Å². The van der Waals surface area contributed by atoms with E-state index in [0.717, 1.165) is 65.4 Å². The van der Waals surface area contributed by atoms with Gasteiger partial charge in [-0.3, -0.25) is 4.79 Å². The number of hydrogen-bond donors (Lipinski definition) is 3. The number of ether oxygens (including phenoxy) is 2. The Balaban J connectivity index is 1.14. The number of rotatable bonds is 3.